The molecule has 3 aromatic carbocycles. The number of hydrogen-bond donors (Lipinski definition) is 2. The molecule has 4 rings (SSSR count). The minimum absolute atomic E-state index is 0.314. The number of pyridine rings is 1. The number of carbonyl (C=O) groups is 1. The number of nitrogens with one attached hydrogen (secondary N) is 2. The molecule has 0 aliphatic rings. The third-order valence-corrected chi connectivity index (χ3v) is 4.90. The number of anilines is 1. The second-order valence-electron chi connectivity index (χ2n) is 6.49. The first-order valence-corrected chi connectivity index (χ1v) is 9.78. The number of carbonyl (C=O) groups excluding carboxylic acids is 1. The molecule has 1 amide bonds. The van der Waals surface area contributed by atoms with Gasteiger partial charge in [0.05, 0.1) is 5.56 Å². The van der Waals surface area contributed by atoms with Crippen LogP contribution in [0, 0.1) is 0 Å². The van der Waals surface area contributed by atoms with E-state index in [1.54, 1.807) is 36.4 Å². The molecule has 144 valence electrons. The average molecular weight is 449 g/mol. The van der Waals surface area contributed by atoms with E-state index < -0.39 is 0 Å². The Bertz CT molecular complexity index is 1220. The lowest BCUT2D eigenvalue weighted by Crippen LogP contribution is -2.16. The summed E-state index contributed by atoms with van der Waals surface area (Å²) >= 11 is 3.40. The van der Waals surface area contributed by atoms with Gasteiger partial charge in [-0.1, -0.05) is 46.3 Å². The zero-order valence-electron chi connectivity index (χ0n) is 15.3. The third-order valence-electron chi connectivity index (χ3n) is 4.41. The van der Waals surface area contributed by atoms with Crippen molar-refractivity contribution in [3.63, 3.8) is 0 Å². The number of halogens is 1. The van der Waals surface area contributed by atoms with Crippen molar-refractivity contribution in [1.29, 1.82) is 0 Å². The van der Waals surface area contributed by atoms with Gasteiger partial charge in [0.1, 0.15) is 12.4 Å². The molecule has 2 N–H and O–H groups in total. The molecular weight excluding hydrogens is 432 g/mol. The highest BCUT2D eigenvalue weighted by Crippen LogP contribution is 2.22. The summed E-state index contributed by atoms with van der Waals surface area (Å²) in [6, 6.07) is 23.7. The maximum absolute atomic E-state index is 12.8. The van der Waals surface area contributed by atoms with E-state index in [1.807, 2.05) is 36.4 Å². The molecule has 0 unspecified atom stereocenters. The van der Waals surface area contributed by atoms with Gasteiger partial charge in [-0.05, 0) is 48.0 Å². The Morgan fingerprint density at radius 3 is 2.48 bits per heavy atom. The van der Waals surface area contributed by atoms with E-state index in [4.69, 9.17) is 4.74 Å². The fourth-order valence-corrected chi connectivity index (χ4v) is 3.35. The summed E-state index contributed by atoms with van der Waals surface area (Å²) < 4.78 is 6.58. The lowest BCUT2D eigenvalue weighted by atomic mass is 10.1. The predicted molar refractivity (Wildman–Crippen MR) is 117 cm³/mol. The molecule has 29 heavy (non-hydrogen) atoms. The van der Waals surface area contributed by atoms with Crippen molar-refractivity contribution in [2.75, 3.05) is 5.32 Å². The number of hydrogen-bond acceptors (Lipinski definition) is 3. The Morgan fingerprint density at radius 1 is 0.966 bits per heavy atom. The maximum atomic E-state index is 12.8. The number of aromatic nitrogens is 1. The zero-order chi connectivity index (χ0) is 20.2. The van der Waals surface area contributed by atoms with Crippen LogP contribution in [0.4, 0.5) is 5.69 Å². The number of fused-ring (bicyclic) bond motifs is 1. The van der Waals surface area contributed by atoms with E-state index in [0.717, 1.165) is 10.0 Å². The summed E-state index contributed by atoms with van der Waals surface area (Å²) in [4.78, 5) is 27.4. The first-order chi connectivity index (χ1) is 14.1. The molecule has 0 aliphatic carbocycles. The van der Waals surface area contributed by atoms with Crippen molar-refractivity contribution in [2.24, 2.45) is 0 Å². The van der Waals surface area contributed by atoms with Crippen LogP contribution in [0.5, 0.6) is 5.75 Å². The summed E-state index contributed by atoms with van der Waals surface area (Å²) in [5.74, 6) is 0.356. The Balaban J connectivity index is 1.49. The van der Waals surface area contributed by atoms with E-state index in [1.165, 1.54) is 6.07 Å². The Hall–Kier alpha value is -3.38. The predicted octanol–water partition coefficient (Wildman–Crippen LogP) is 5.12. The number of amides is 1. The summed E-state index contributed by atoms with van der Waals surface area (Å²) in [6.07, 6.45) is 0. The second-order valence-corrected chi connectivity index (χ2v) is 7.41. The van der Waals surface area contributed by atoms with Gasteiger partial charge in [0.15, 0.2) is 0 Å². The van der Waals surface area contributed by atoms with Gasteiger partial charge < -0.3 is 15.0 Å². The van der Waals surface area contributed by atoms with Crippen LogP contribution in [-0.2, 0) is 6.61 Å². The van der Waals surface area contributed by atoms with Crippen LogP contribution in [0.1, 0.15) is 15.9 Å². The number of benzene rings is 3. The Kier molecular flexibility index (Phi) is 5.44. The average Bonchev–Trinajstić information content (AvgIpc) is 2.73. The summed E-state index contributed by atoms with van der Waals surface area (Å²) in [5, 5.41) is 3.50. The lowest BCUT2D eigenvalue weighted by Gasteiger charge is -2.10. The van der Waals surface area contributed by atoms with Crippen LogP contribution >= 0.6 is 15.9 Å². The van der Waals surface area contributed by atoms with Crippen LogP contribution in [0.2, 0.25) is 0 Å². The largest absolute Gasteiger partial charge is 0.489 e. The fraction of sp³-hybridized carbons (Fsp3) is 0.0435. The van der Waals surface area contributed by atoms with Crippen molar-refractivity contribution in [3.8, 4) is 5.75 Å². The summed E-state index contributed by atoms with van der Waals surface area (Å²) in [7, 11) is 0. The standard InChI is InChI=1S/C23H17BrN2O3/c24-16-6-11-21-19(12-16)20(13-22(27)26-21)23(28)25-17-7-9-18(10-8-17)29-14-15-4-2-1-3-5-15/h1-13H,14H2,(H,25,28)(H,26,27). The van der Waals surface area contributed by atoms with Gasteiger partial charge in [0.25, 0.3) is 5.91 Å². The van der Waals surface area contributed by atoms with E-state index in [9.17, 15) is 9.59 Å². The molecule has 6 heteroatoms. The first kappa shape index (κ1) is 19.0. The topological polar surface area (TPSA) is 71.2 Å². The van der Waals surface area contributed by atoms with E-state index in [0.29, 0.717) is 34.5 Å². The molecule has 0 atom stereocenters. The Morgan fingerprint density at radius 2 is 1.72 bits per heavy atom. The van der Waals surface area contributed by atoms with Crippen LogP contribution < -0.4 is 15.6 Å². The highest BCUT2D eigenvalue weighted by molar-refractivity contribution is 9.10. The van der Waals surface area contributed by atoms with Crippen LogP contribution in [0.25, 0.3) is 10.9 Å². The SMILES string of the molecule is O=C(Nc1ccc(OCc2ccccc2)cc1)c1cc(=O)[nH]c2ccc(Br)cc12. The van der Waals surface area contributed by atoms with Gasteiger partial charge >= 0.3 is 0 Å². The molecule has 1 heterocycles. The quantitative estimate of drug-likeness (QED) is 0.444. The number of rotatable bonds is 5. The summed E-state index contributed by atoms with van der Waals surface area (Å²) in [6.45, 7) is 0.472. The molecular formula is C23H17BrN2O3. The molecule has 5 nitrogen and oxygen atoms in total. The molecule has 0 saturated carbocycles. The smallest absolute Gasteiger partial charge is 0.256 e. The van der Waals surface area contributed by atoms with E-state index in [-0.39, 0.29) is 11.5 Å². The van der Waals surface area contributed by atoms with Crippen LogP contribution in [0.15, 0.2) is 88.1 Å². The molecule has 0 fully saturated rings. The number of aromatic amines is 1. The van der Waals surface area contributed by atoms with E-state index in [2.05, 4.69) is 26.2 Å². The highest BCUT2D eigenvalue weighted by atomic mass is 79.9. The van der Waals surface area contributed by atoms with Crippen LogP contribution in [0.3, 0.4) is 0 Å². The van der Waals surface area contributed by atoms with Gasteiger partial charge in [0, 0.05) is 27.1 Å². The zero-order valence-corrected chi connectivity index (χ0v) is 16.9. The molecule has 0 radical (unpaired) electrons. The minimum atomic E-state index is -0.350. The molecule has 0 spiro atoms. The molecule has 0 bridgehead atoms. The molecule has 4 aromatic rings. The Labute approximate surface area is 175 Å². The van der Waals surface area contributed by atoms with Gasteiger partial charge in [-0.25, -0.2) is 0 Å². The number of H-pyrrole nitrogens is 1. The van der Waals surface area contributed by atoms with Crippen molar-refractivity contribution < 1.29 is 9.53 Å². The van der Waals surface area contributed by atoms with Crippen molar-refractivity contribution >= 4 is 38.4 Å². The van der Waals surface area contributed by atoms with Gasteiger partial charge in [-0.2, -0.15) is 0 Å². The number of ether oxygens (including phenoxy) is 1. The third kappa shape index (κ3) is 4.55. The fourth-order valence-electron chi connectivity index (χ4n) is 2.99. The monoisotopic (exact) mass is 448 g/mol. The maximum Gasteiger partial charge on any atom is 0.256 e. The molecule has 1 aromatic heterocycles. The van der Waals surface area contributed by atoms with Crippen molar-refractivity contribution in [1.82, 2.24) is 4.98 Å². The molecule has 0 saturated heterocycles. The highest BCUT2D eigenvalue weighted by Gasteiger charge is 2.13. The molecule has 0 aliphatic heterocycles. The van der Waals surface area contributed by atoms with Crippen molar-refractivity contribution in [2.45, 2.75) is 6.61 Å². The van der Waals surface area contributed by atoms with E-state index >= 15 is 0 Å². The van der Waals surface area contributed by atoms with Crippen LogP contribution in [-0.4, -0.2) is 10.9 Å². The normalized spacial score (nSPS) is 10.7. The lowest BCUT2D eigenvalue weighted by molar-refractivity contribution is 0.102. The first-order valence-electron chi connectivity index (χ1n) is 8.99. The summed E-state index contributed by atoms with van der Waals surface area (Å²) in [5.41, 5.74) is 2.29. The van der Waals surface area contributed by atoms with Gasteiger partial charge in [-0.3, -0.25) is 9.59 Å². The minimum Gasteiger partial charge on any atom is -0.489 e. The van der Waals surface area contributed by atoms with Gasteiger partial charge in [0.2, 0.25) is 5.56 Å². The van der Waals surface area contributed by atoms with Gasteiger partial charge in [-0.15, -0.1) is 0 Å². The second kappa shape index (κ2) is 8.32. The van der Waals surface area contributed by atoms with Crippen molar-refractivity contribution in [3.05, 3.63) is 105 Å².